The van der Waals surface area contributed by atoms with Gasteiger partial charge < -0.3 is 9.84 Å². The molecule has 21 heavy (non-hydrogen) atoms. The van der Waals surface area contributed by atoms with Crippen molar-refractivity contribution in [3.63, 3.8) is 0 Å². The Labute approximate surface area is 128 Å². The van der Waals surface area contributed by atoms with Crippen molar-refractivity contribution in [3.05, 3.63) is 62.1 Å². The smallest absolute Gasteiger partial charge is 0.287 e. The maximum Gasteiger partial charge on any atom is 0.287 e. The van der Waals surface area contributed by atoms with E-state index in [0.717, 1.165) is 0 Å². The Hall–Kier alpha value is -2.43. The van der Waals surface area contributed by atoms with E-state index < -0.39 is 4.92 Å². The second-order valence-corrected chi connectivity index (χ2v) is 4.84. The number of nitro benzene ring substituents is 1. The molecule has 0 bridgehead atoms. The number of ether oxygens (including phenoxy) is 1. The summed E-state index contributed by atoms with van der Waals surface area (Å²) in [5.74, 6) is 0.494. The monoisotopic (exact) mass is 348 g/mol. The van der Waals surface area contributed by atoms with Crippen LogP contribution in [0.3, 0.4) is 0 Å². The molecule has 0 saturated carbocycles. The number of nitrogens with zero attached hydrogens (tertiary/aromatic N) is 2. The van der Waals surface area contributed by atoms with Gasteiger partial charge in [0.15, 0.2) is 0 Å². The highest BCUT2D eigenvalue weighted by Crippen LogP contribution is 2.37. The van der Waals surface area contributed by atoms with Gasteiger partial charge >= 0.3 is 0 Å². The van der Waals surface area contributed by atoms with E-state index in [9.17, 15) is 10.1 Å². The van der Waals surface area contributed by atoms with Gasteiger partial charge in [0.05, 0.1) is 17.1 Å². The van der Waals surface area contributed by atoms with Gasteiger partial charge in [0.1, 0.15) is 22.0 Å². The average molecular weight is 349 g/mol. The van der Waals surface area contributed by atoms with Gasteiger partial charge in [-0.3, -0.25) is 10.1 Å². The number of hydrogen-bond acceptors (Lipinski definition) is 5. The SMILES string of the molecule is N#Cc1cc(CO)ccc1Oc1cccc([N+](=O)[O-])c1Br. The summed E-state index contributed by atoms with van der Waals surface area (Å²) >= 11 is 3.12. The minimum absolute atomic E-state index is 0.127. The van der Waals surface area contributed by atoms with Crippen LogP contribution in [0.4, 0.5) is 5.69 Å². The molecule has 0 atom stereocenters. The molecule has 0 spiro atoms. The molecule has 0 heterocycles. The topological polar surface area (TPSA) is 96.4 Å². The molecule has 0 radical (unpaired) electrons. The molecule has 7 heteroatoms. The van der Waals surface area contributed by atoms with Crippen molar-refractivity contribution in [2.24, 2.45) is 0 Å². The van der Waals surface area contributed by atoms with Gasteiger partial charge in [0, 0.05) is 6.07 Å². The molecule has 106 valence electrons. The van der Waals surface area contributed by atoms with E-state index in [-0.39, 0.29) is 33.8 Å². The van der Waals surface area contributed by atoms with E-state index in [1.54, 1.807) is 12.1 Å². The van der Waals surface area contributed by atoms with Crippen LogP contribution in [-0.2, 0) is 6.61 Å². The van der Waals surface area contributed by atoms with E-state index in [1.807, 2.05) is 6.07 Å². The summed E-state index contributed by atoms with van der Waals surface area (Å²) in [5.41, 5.74) is 0.690. The van der Waals surface area contributed by atoms with Crippen molar-refractivity contribution in [1.29, 1.82) is 5.26 Å². The molecule has 6 nitrogen and oxygen atoms in total. The van der Waals surface area contributed by atoms with Crippen LogP contribution in [0.2, 0.25) is 0 Å². The zero-order valence-corrected chi connectivity index (χ0v) is 12.2. The molecule has 2 rings (SSSR count). The van der Waals surface area contributed by atoms with Gasteiger partial charge in [-0.25, -0.2) is 0 Å². The molecular weight excluding hydrogens is 340 g/mol. The van der Waals surface area contributed by atoms with Crippen molar-refractivity contribution in [1.82, 2.24) is 0 Å². The molecule has 0 saturated heterocycles. The Kier molecular flexibility index (Phi) is 4.52. The molecule has 2 aromatic carbocycles. The third kappa shape index (κ3) is 3.18. The molecule has 2 aromatic rings. The third-order valence-corrected chi connectivity index (χ3v) is 3.50. The van der Waals surface area contributed by atoms with E-state index in [0.29, 0.717) is 5.56 Å². The number of aliphatic hydroxyl groups is 1. The fourth-order valence-electron chi connectivity index (χ4n) is 1.69. The summed E-state index contributed by atoms with van der Waals surface area (Å²) in [4.78, 5) is 10.3. The molecule has 0 fully saturated rings. The normalized spacial score (nSPS) is 9.95. The van der Waals surface area contributed by atoms with Gasteiger partial charge in [-0.15, -0.1) is 0 Å². The van der Waals surface area contributed by atoms with Gasteiger partial charge in [-0.05, 0) is 39.7 Å². The summed E-state index contributed by atoms with van der Waals surface area (Å²) in [5, 5.41) is 29.0. The highest BCUT2D eigenvalue weighted by Gasteiger charge is 2.17. The summed E-state index contributed by atoms with van der Waals surface area (Å²) < 4.78 is 5.77. The second-order valence-electron chi connectivity index (χ2n) is 4.05. The minimum Gasteiger partial charge on any atom is -0.455 e. The number of halogens is 1. The highest BCUT2D eigenvalue weighted by molar-refractivity contribution is 9.10. The number of rotatable bonds is 4. The van der Waals surface area contributed by atoms with E-state index >= 15 is 0 Å². The molecular formula is C14H9BrN2O4. The Morgan fingerprint density at radius 3 is 2.71 bits per heavy atom. The number of benzene rings is 2. The van der Waals surface area contributed by atoms with Gasteiger partial charge in [-0.1, -0.05) is 12.1 Å². The summed E-state index contributed by atoms with van der Waals surface area (Å²) in [7, 11) is 0. The zero-order chi connectivity index (χ0) is 15.4. The first-order valence-corrected chi connectivity index (χ1v) is 6.60. The molecule has 1 N–H and O–H groups in total. The van der Waals surface area contributed by atoms with E-state index in [2.05, 4.69) is 15.9 Å². The first kappa shape index (κ1) is 15.0. The fourth-order valence-corrected chi connectivity index (χ4v) is 2.18. The molecule has 0 aromatic heterocycles. The van der Waals surface area contributed by atoms with Crippen molar-refractivity contribution >= 4 is 21.6 Å². The number of nitro groups is 1. The van der Waals surface area contributed by atoms with Crippen LogP contribution in [0.25, 0.3) is 0 Å². The maximum atomic E-state index is 10.9. The van der Waals surface area contributed by atoms with Crippen molar-refractivity contribution in [2.75, 3.05) is 0 Å². The lowest BCUT2D eigenvalue weighted by atomic mass is 10.1. The van der Waals surface area contributed by atoms with Crippen LogP contribution in [0.15, 0.2) is 40.9 Å². The van der Waals surface area contributed by atoms with E-state index in [4.69, 9.17) is 15.1 Å². The number of aliphatic hydroxyl groups excluding tert-OH is 1. The predicted molar refractivity (Wildman–Crippen MR) is 78.0 cm³/mol. The van der Waals surface area contributed by atoms with Crippen LogP contribution in [0.1, 0.15) is 11.1 Å². The van der Waals surface area contributed by atoms with Gasteiger partial charge in [0.25, 0.3) is 5.69 Å². The number of hydrogen-bond donors (Lipinski definition) is 1. The van der Waals surface area contributed by atoms with Gasteiger partial charge in [-0.2, -0.15) is 5.26 Å². The standard InChI is InChI=1S/C14H9BrN2O4/c15-14-11(17(19)20)2-1-3-13(14)21-12-5-4-9(8-18)6-10(12)7-16/h1-6,18H,8H2. The lowest BCUT2D eigenvalue weighted by Gasteiger charge is -2.10. The average Bonchev–Trinajstić information content (AvgIpc) is 2.49. The summed E-state index contributed by atoms with van der Waals surface area (Å²) in [6.45, 7) is -0.185. The Balaban J connectivity index is 2.42. The molecule has 0 amide bonds. The maximum absolute atomic E-state index is 10.9. The van der Waals surface area contributed by atoms with Gasteiger partial charge in [0.2, 0.25) is 0 Å². The number of nitriles is 1. The van der Waals surface area contributed by atoms with Crippen molar-refractivity contribution in [3.8, 4) is 17.6 Å². The molecule has 0 aliphatic carbocycles. The van der Waals surface area contributed by atoms with Crippen LogP contribution >= 0.6 is 15.9 Å². The van der Waals surface area contributed by atoms with Crippen LogP contribution < -0.4 is 4.74 Å². The van der Waals surface area contributed by atoms with Crippen molar-refractivity contribution in [2.45, 2.75) is 6.61 Å². The van der Waals surface area contributed by atoms with Crippen molar-refractivity contribution < 1.29 is 14.8 Å². The second kappa shape index (κ2) is 6.35. The Bertz CT molecular complexity index is 740. The first-order valence-electron chi connectivity index (χ1n) is 5.81. The lowest BCUT2D eigenvalue weighted by molar-refractivity contribution is -0.385. The van der Waals surface area contributed by atoms with Crippen LogP contribution in [0, 0.1) is 21.4 Å². The van der Waals surface area contributed by atoms with Crippen LogP contribution in [0.5, 0.6) is 11.5 Å². The van der Waals surface area contributed by atoms with Crippen LogP contribution in [-0.4, -0.2) is 10.0 Å². The lowest BCUT2D eigenvalue weighted by Crippen LogP contribution is -1.94. The predicted octanol–water partition coefficient (Wildman–Crippen LogP) is 3.51. The highest BCUT2D eigenvalue weighted by atomic mass is 79.9. The molecule has 0 aliphatic heterocycles. The summed E-state index contributed by atoms with van der Waals surface area (Å²) in [6.07, 6.45) is 0. The molecule has 0 aliphatic rings. The first-order chi connectivity index (χ1) is 10.1. The quantitative estimate of drug-likeness (QED) is 0.673. The fraction of sp³-hybridized carbons (Fsp3) is 0.0714. The minimum atomic E-state index is -0.531. The largest absolute Gasteiger partial charge is 0.455 e. The Morgan fingerprint density at radius 2 is 2.10 bits per heavy atom. The third-order valence-electron chi connectivity index (χ3n) is 2.71. The molecule has 0 unspecified atom stereocenters. The summed E-state index contributed by atoms with van der Waals surface area (Å²) in [6, 6.07) is 11.0. The Morgan fingerprint density at radius 1 is 1.33 bits per heavy atom. The van der Waals surface area contributed by atoms with E-state index in [1.165, 1.54) is 24.3 Å². The zero-order valence-electron chi connectivity index (χ0n) is 10.6.